The molecule has 0 bridgehead atoms. The zero-order valence-corrected chi connectivity index (χ0v) is 18.5. The molecule has 0 aliphatic carbocycles. The minimum Gasteiger partial charge on any atom is -0.453 e. The monoisotopic (exact) mass is 458 g/mol. The number of aryl methyl sites for hydroxylation is 1. The fraction of sp³-hybridized carbons (Fsp3) is 0.348. The zero-order valence-electron chi connectivity index (χ0n) is 18.5. The summed E-state index contributed by atoms with van der Waals surface area (Å²) >= 11 is 0. The number of aromatic nitrogens is 2. The lowest BCUT2D eigenvalue weighted by Gasteiger charge is -2.32. The van der Waals surface area contributed by atoms with E-state index in [1.165, 1.54) is 19.1 Å². The van der Waals surface area contributed by atoms with E-state index in [0.29, 0.717) is 24.5 Å². The molecular formula is C23H24F2N4O4. The Labute approximate surface area is 189 Å². The van der Waals surface area contributed by atoms with E-state index in [1.54, 1.807) is 10.6 Å². The standard InChI is InChI=1S/C23H24F2N4O4/c1-13-4-5-29-18(11-15-12-28(6-7-33-15)23(31)32-3)21(27-19(29)8-13)20-16(24)9-14(10-17(20)25)22(30)26-2/h4-5,8-10,15H,6-7,11-12H2,1-3H3,(H,26,30)/t15-/m1/s1. The summed E-state index contributed by atoms with van der Waals surface area (Å²) < 4.78 is 42.6. The number of methoxy groups -OCH3 is 1. The Morgan fingerprint density at radius 2 is 2.00 bits per heavy atom. The molecule has 33 heavy (non-hydrogen) atoms. The molecule has 1 atom stereocenters. The SMILES string of the molecule is CNC(=O)c1cc(F)c(-c2nc3cc(C)ccn3c2C[C@@H]2CN(C(=O)OC)CCO2)c(F)c1. The molecule has 8 nitrogen and oxygen atoms in total. The highest BCUT2D eigenvalue weighted by Crippen LogP contribution is 2.32. The van der Waals surface area contributed by atoms with Gasteiger partial charge in [-0.05, 0) is 36.8 Å². The summed E-state index contributed by atoms with van der Waals surface area (Å²) in [6.07, 6.45) is 1.16. The van der Waals surface area contributed by atoms with Crippen LogP contribution >= 0.6 is 0 Å². The van der Waals surface area contributed by atoms with Crippen molar-refractivity contribution in [2.75, 3.05) is 33.9 Å². The quantitative estimate of drug-likeness (QED) is 0.650. The van der Waals surface area contributed by atoms with Crippen molar-refractivity contribution in [2.45, 2.75) is 19.4 Å². The smallest absolute Gasteiger partial charge is 0.409 e. The number of amides is 2. The molecule has 10 heteroatoms. The highest BCUT2D eigenvalue weighted by Gasteiger charge is 2.29. The molecule has 3 aromatic rings. The van der Waals surface area contributed by atoms with Gasteiger partial charge in [0.05, 0.1) is 43.3 Å². The number of halogens is 2. The highest BCUT2D eigenvalue weighted by atomic mass is 19.1. The number of hydrogen-bond donors (Lipinski definition) is 1. The van der Waals surface area contributed by atoms with Crippen molar-refractivity contribution in [1.82, 2.24) is 19.6 Å². The number of rotatable bonds is 4. The van der Waals surface area contributed by atoms with E-state index in [9.17, 15) is 9.59 Å². The maximum absolute atomic E-state index is 15.1. The molecule has 2 amide bonds. The van der Waals surface area contributed by atoms with Crippen LogP contribution in [0, 0.1) is 18.6 Å². The summed E-state index contributed by atoms with van der Waals surface area (Å²) in [6.45, 7) is 2.87. The van der Waals surface area contributed by atoms with Gasteiger partial charge in [-0.25, -0.2) is 18.6 Å². The Kier molecular flexibility index (Phi) is 6.28. The van der Waals surface area contributed by atoms with E-state index in [1.807, 2.05) is 19.1 Å². The lowest BCUT2D eigenvalue weighted by molar-refractivity contribution is -0.0241. The predicted molar refractivity (Wildman–Crippen MR) is 116 cm³/mol. The van der Waals surface area contributed by atoms with Gasteiger partial charge >= 0.3 is 6.09 Å². The van der Waals surface area contributed by atoms with Gasteiger partial charge < -0.3 is 24.1 Å². The number of carbonyl (C=O) groups is 2. The van der Waals surface area contributed by atoms with Crippen molar-refractivity contribution < 1.29 is 27.8 Å². The number of imidazole rings is 1. The van der Waals surface area contributed by atoms with Crippen molar-refractivity contribution in [3.63, 3.8) is 0 Å². The fourth-order valence-electron chi connectivity index (χ4n) is 4.02. The molecule has 0 spiro atoms. The van der Waals surface area contributed by atoms with E-state index in [0.717, 1.165) is 17.7 Å². The molecule has 3 heterocycles. The fourth-order valence-corrected chi connectivity index (χ4v) is 4.02. The zero-order chi connectivity index (χ0) is 23.7. The summed E-state index contributed by atoms with van der Waals surface area (Å²) in [5, 5.41) is 2.36. The van der Waals surface area contributed by atoms with Gasteiger partial charge in [0, 0.05) is 31.8 Å². The van der Waals surface area contributed by atoms with Gasteiger partial charge in [0.25, 0.3) is 5.91 Å². The first-order valence-corrected chi connectivity index (χ1v) is 10.5. The van der Waals surface area contributed by atoms with Crippen LogP contribution in [0.15, 0.2) is 30.5 Å². The second-order valence-corrected chi connectivity index (χ2v) is 7.85. The maximum atomic E-state index is 15.1. The van der Waals surface area contributed by atoms with Gasteiger partial charge in [-0.3, -0.25) is 4.79 Å². The summed E-state index contributed by atoms with van der Waals surface area (Å²) in [5.74, 6) is -2.38. The lowest BCUT2D eigenvalue weighted by atomic mass is 10.0. The van der Waals surface area contributed by atoms with Crippen molar-refractivity contribution >= 4 is 17.6 Å². The number of benzene rings is 1. The Balaban J connectivity index is 1.79. The molecule has 4 rings (SSSR count). The molecular weight excluding hydrogens is 434 g/mol. The Bertz CT molecular complexity index is 1200. The summed E-state index contributed by atoms with van der Waals surface area (Å²) in [4.78, 5) is 29.9. The normalized spacial score (nSPS) is 16.2. The molecule has 174 valence electrons. The summed E-state index contributed by atoms with van der Waals surface area (Å²) in [7, 11) is 2.70. The van der Waals surface area contributed by atoms with Crippen LogP contribution in [-0.2, 0) is 15.9 Å². The topological polar surface area (TPSA) is 85.2 Å². The molecule has 1 aliphatic rings. The molecule has 1 aromatic carbocycles. The minimum atomic E-state index is -0.893. The van der Waals surface area contributed by atoms with Gasteiger partial charge in [-0.2, -0.15) is 0 Å². The Morgan fingerprint density at radius 1 is 1.27 bits per heavy atom. The lowest BCUT2D eigenvalue weighted by Crippen LogP contribution is -2.46. The molecule has 2 aromatic heterocycles. The number of morpholine rings is 1. The van der Waals surface area contributed by atoms with Crippen LogP contribution in [0.4, 0.5) is 13.6 Å². The summed E-state index contributed by atoms with van der Waals surface area (Å²) in [6, 6.07) is 5.66. The number of pyridine rings is 1. The second kappa shape index (κ2) is 9.14. The molecule has 1 fully saturated rings. The third-order valence-corrected chi connectivity index (χ3v) is 5.64. The van der Waals surface area contributed by atoms with Crippen LogP contribution in [0.5, 0.6) is 0 Å². The molecule has 0 radical (unpaired) electrons. The van der Waals surface area contributed by atoms with Crippen LogP contribution in [0.25, 0.3) is 16.9 Å². The van der Waals surface area contributed by atoms with E-state index in [2.05, 4.69) is 10.3 Å². The van der Waals surface area contributed by atoms with Crippen LogP contribution in [0.1, 0.15) is 21.6 Å². The number of fused-ring (bicyclic) bond motifs is 1. The average molecular weight is 458 g/mol. The predicted octanol–water partition coefficient (Wildman–Crippen LogP) is 2.96. The molecule has 1 saturated heterocycles. The van der Waals surface area contributed by atoms with Crippen LogP contribution in [0.3, 0.4) is 0 Å². The maximum Gasteiger partial charge on any atom is 0.409 e. The second-order valence-electron chi connectivity index (χ2n) is 7.85. The first-order valence-electron chi connectivity index (χ1n) is 10.5. The van der Waals surface area contributed by atoms with Crippen molar-refractivity contribution in [2.24, 2.45) is 0 Å². The minimum absolute atomic E-state index is 0.123. The van der Waals surface area contributed by atoms with Gasteiger partial charge in [0.1, 0.15) is 17.3 Å². The van der Waals surface area contributed by atoms with Gasteiger partial charge in [-0.15, -0.1) is 0 Å². The van der Waals surface area contributed by atoms with E-state index in [4.69, 9.17) is 9.47 Å². The Hall–Kier alpha value is -3.53. The first kappa shape index (κ1) is 22.7. The van der Waals surface area contributed by atoms with E-state index >= 15 is 8.78 Å². The number of hydrogen-bond acceptors (Lipinski definition) is 5. The number of nitrogens with one attached hydrogen (secondary N) is 1. The van der Waals surface area contributed by atoms with Gasteiger partial charge in [0.15, 0.2) is 0 Å². The largest absolute Gasteiger partial charge is 0.453 e. The number of carbonyl (C=O) groups excluding carboxylic acids is 2. The van der Waals surface area contributed by atoms with Gasteiger partial charge in [0.2, 0.25) is 0 Å². The van der Waals surface area contributed by atoms with Crippen molar-refractivity contribution in [1.29, 1.82) is 0 Å². The van der Waals surface area contributed by atoms with Crippen LogP contribution in [-0.4, -0.2) is 66.2 Å². The third kappa shape index (κ3) is 4.38. The average Bonchev–Trinajstić information content (AvgIpc) is 3.14. The van der Waals surface area contributed by atoms with Gasteiger partial charge in [-0.1, -0.05) is 0 Å². The highest BCUT2D eigenvalue weighted by molar-refractivity contribution is 5.94. The Morgan fingerprint density at radius 3 is 2.67 bits per heavy atom. The number of nitrogens with zero attached hydrogens (tertiary/aromatic N) is 3. The third-order valence-electron chi connectivity index (χ3n) is 5.64. The number of ether oxygens (including phenoxy) is 2. The summed E-state index contributed by atoms with van der Waals surface area (Å²) in [5.41, 5.74) is 1.67. The van der Waals surface area contributed by atoms with Crippen LogP contribution < -0.4 is 5.32 Å². The first-order chi connectivity index (χ1) is 15.8. The van der Waals surface area contributed by atoms with Crippen LogP contribution in [0.2, 0.25) is 0 Å². The van der Waals surface area contributed by atoms with Crippen molar-refractivity contribution in [3.05, 3.63) is 58.9 Å². The van der Waals surface area contributed by atoms with E-state index in [-0.39, 0.29) is 29.8 Å². The van der Waals surface area contributed by atoms with Crippen molar-refractivity contribution in [3.8, 4) is 11.3 Å². The molecule has 1 N–H and O–H groups in total. The van der Waals surface area contributed by atoms with E-state index < -0.39 is 29.7 Å². The molecule has 0 saturated carbocycles. The molecule has 0 unspecified atom stereocenters. The molecule has 1 aliphatic heterocycles.